The van der Waals surface area contributed by atoms with Gasteiger partial charge in [-0.1, -0.05) is 6.07 Å². The van der Waals surface area contributed by atoms with Gasteiger partial charge in [0, 0.05) is 18.4 Å². The van der Waals surface area contributed by atoms with Gasteiger partial charge in [0.25, 0.3) is 0 Å². The Hall–Kier alpha value is -1.26. The van der Waals surface area contributed by atoms with E-state index in [4.69, 9.17) is 19.9 Å². The lowest BCUT2D eigenvalue weighted by Gasteiger charge is -2.25. The van der Waals surface area contributed by atoms with Crippen molar-refractivity contribution >= 4 is 0 Å². The highest BCUT2D eigenvalue weighted by Crippen LogP contribution is 2.45. The molecule has 104 valence electrons. The molecule has 4 nitrogen and oxygen atoms in total. The molecule has 0 unspecified atom stereocenters. The summed E-state index contributed by atoms with van der Waals surface area (Å²) < 4.78 is 16.8. The molecule has 19 heavy (non-hydrogen) atoms. The summed E-state index contributed by atoms with van der Waals surface area (Å²) in [6.07, 6.45) is 4.18. The molecule has 2 aliphatic rings. The lowest BCUT2D eigenvalue weighted by Crippen LogP contribution is -2.26. The smallest absolute Gasteiger partial charge is 0.161 e. The van der Waals surface area contributed by atoms with Crippen LogP contribution >= 0.6 is 0 Å². The normalized spacial score (nSPS) is 22.0. The summed E-state index contributed by atoms with van der Waals surface area (Å²) in [6, 6.07) is 6.04. The van der Waals surface area contributed by atoms with Gasteiger partial charge in [0.2, 0.25) is 0 Å². The van der Waals surface area contributed by atoms with Gasteiger partial charge in [-0.2, -0.15) is 0 Å². The van der Waals surface area contributed by atoms with Crippen molar-refractivity contribution in [3.8, 4) is 11.5 Å². The number of hydrogen-bond donors (Lipinski definition) is 1. The number of hydrogen-bond acceptors (Lipinski definition) is 4. The third-order valence-corrected chi connectivity index (χ3v) is 3.99. The third-order valence-electron chi connectivity index (χ3n) is 3.99. The molecule has 2 N–H and O–H groups in total. The Morgan fingerprint density at radius 2 is 1.95 bits per heavy atom. The minimum atomic E-state index is -0.139. The predicted octanol–water partition coefficient (Wildman–Crippen LogP) is 2.20. The summed E-state index contributed by atoms with van der Waals surface area (Å²) in [5.41, 5.74) is 7.25. The van der Waals surface area contributed by atoms with Crippen LogP contribution in [0.1, 0.15) is 31.2 Å². The van der Waals surface area contributed by atoms with Gasteiger partial charge in [-0.15, -0.1) is 0 Å². The maximum atomic E-state index is 6.25. The minimum absolute atomic E-state index is 0.139. The van der Waals surface area contributed by atoms with Crippen LogP contribution in [0.15, 0.2) is 18.2 Å². The molecule has 4 heteroatoms. The molecular weight excluding hydrogens is 242 g/mol. The van der Waals surface area contributed by atoms with Crippen LogP contribution in [0.3, 0.4) is 0 Å². The largest absolute Gasteiger partial charge is 0.493 e. The Morgan fingerprint density at radius 1 is 1.21 bits per heavy atom. The third kappa shape index (κ3) is 2.69. The molecule has 1 saturated heterocycles. The van der Waals surface area contributed by atoms with Gasteiger partial charge in [0.05, 0.1) is 20.3 Å². The maximum Gasteiger partial charge on any atom is 0.161 e. The van der Waals surface area contributed by atoms with E-state index < -0.39 is 0 Å². The van der Waals surface area contributed by atoms with E-state index in [0.717, 1.165) is 56.0 Å². The average molecular weight is 263 g/mol. The fourth-order valence-corrected chi connectivity index (χ4v) is 2.48. The van der Waals surface area contributed by atoms with Crippen molar-refractivity contribution in [1.82, 2.24) is 0 Å². The monoisotopic (exact) mass is 263 g/mol. The van der Waals surface area contributed by atoms with Gasteiger partial charge < -0.3 is 19.9 Å². The molecule has 0 spiro atoms. The maximum absolute atomic E-state index is 6.25. The van der Waals surface area contributed by atoms with Crippen molar-refractivity contribution in [2.45, 2.75) is 37.3 Å². The molecule has 2 fully saturated rings. The van der Waals surface area contributed by atoms with Crippen molar-refractivity contribution in [3.63, 3.8) is 0 Å². The first kappa shape index (κ1) is 12.8. The van der Waals surface area contributed by atoms with Crippen molar-refractivity contribution in [2.75, 3.05) is 20.3 Å². The number of methoxy groups -OCH3 is 1. The molecule has 1 aromatic rings. The predicted molar refractivity (Wildman–Crippen MR) is 72.6 cm³/mol. The van der Waals surface area contributed by atoms with Gasteiger partial charge in [0.1, 0.15) is 6.10 Å². The molecule has 0 bridgehead atoms. The topological polar surface area (TPSA) is 53.7 Å². The molecule has 1 aliphatic carbocycles. The van der Waals surface area contributed by atoms with Crippen LogP contribution in [0.25, 0.3) is 0 Å². The highest BCUT2D eigenvalue weighted by Gasteiger charge is 2.40. The molecular formula is C15H21NO3. The Balaban J connectivity index is 1.80. The first-order chi connectivity index (χ1) is 9.21. The van der Waals surface area contributed by atoms with Gasteiger partial charge >= 0.3 is 0 Å². The van der Waals surface area contributed by atoms with Crippen LogP contribution < -0.4 is 15.2 Å². The van der Waals surface area contributed by atoms with E-state index in [2.05, 4.69) is 0 Å². The molecule has 1 saturated carbocycles. The van der Waals surface area contributed by atoms with E-state index in [1.54, 1.807) is 7.11 Å². The number of rotatable bonds is 4. The summed E-state index contributed by atoms with van der Waals surface area (Å²) in [5.74, 6) is 1.59. The second-order valence-electron chi connectivity index (χ2n) is 5.45. The fraction of sp³-hybridized carbons (Fsp3) is 0.600. The second-order valence-corrected chi connectivity index (χ2v) is 5.45. The van der Waals surface area contributed by atoms with Crippen LogP contribution in [0.4, 0.5) is 0 Å². The Kier molecular flexibility index (Phi) is 3.37. The average Bonchev–Trinajstić information content (AvgIpc) is 3.19. The highest BCUT2D eigenvalue weighted by molar-refractivity contribution is 5.46. The summed E-state index contributed by atoms with van der Waals surface area (Å²) in [6.45, 7) is 1.54. The van der Waals surface area contributed by atoms with Gasteiger partial charge in [0.15, 0.2) is 11.5 Å². The fourth-order valence-electron chi connectivity index (χ4n) is 2.48. The van der Waals surface area contributed by atoms with Crippen molar-refractivity contribution < 1.29 is 14.2 Å². The van der Waals surface area contributed by atoms with E-state index in [1.165, 1.54) is 0 Å². The van der Waals surface area contributed by atoms with Crippen LogP contribution in [0, 0.1) is 0 Å². The van der Waals surface area contributed by atoms with Crippen LogP contribution in [0.5, 0.6) is 11.5 Å². The zero-order valence-corrected chi connectivity index (χ0v) is 11.4. The SMILES string of the molecule is COc1ccc(C2(N)CC2)cc1OC1CCOCC1. The molecule has 1 aliphatic heterocycles. The van der Waals surface area contributed by atoms with Crippen molar-refractivity contribution in [2.24, 2.45) is 5.73 Å². The number of benzene rings is 1. The molecule has 0 atom stereocenters. The molecule has 1 aromatic carbocycles. The van der Waals surface area contributed by atoms with Crippen LogP contribution in [0.2, 0.25) is 0 Å². The van der Waals surface area contributed by atoms with Crippen LogP contribution in [-0.2, 0) is 10.3 Å². The molecule has 0 radical (unpaired) electrons. The Labute approximate surface area is 113 Å². The zero-order chi connectivity index (χ0) is 13.3. The quantitative estimate of drug-likeness (QED) is 0.904. The first-order valence-corrected chi connectivity index (χ1v) is 6.93. The van der Waals surface area contributed by atoms with Crippen LogP contribution in [-0.4, -0.2) is 26.4 Å². The number of nitrogens with two attached hydrogens (primary N) is 1. The molecule has 3 rings (SSSR count). The zero-order valence-electron chi connectivity index (χ0n) is 11.4. The van der Waals surface area contributed by atoms with E-state index in [-0.39, 0.29) is 11.6 Å². The molecule has 1 heterocycles. The van der Waals surface area contributed by atoms with Gasteiger partial charge in [-0.3, -0.25) is 0 Å². The van der Waals surface area contributed by atoms with Gasteiger partial charge in [-0.25, -0.2) is 0 Å². The lowest BCUT2D eigenvalue weighted by atomic mass is 10.1. The van der Waals surface area contributed by atoms with Crippen molar-refractivity contribution in [1.29, 1.82) is 0 Å². The Morgan fingerprint density at radius 3 is 2.58 bits per heavy atom. The van der Waals surface area contributed by atoms with Gasteiger partial charge in [-0.05, 0) is 30.5 Å². The number of ether oxygens (including phenoxy) is 3. The minimum Gasteiger partial charge on any atom is -0.493 e. The lowest BCUT2D eigenvalue weighted by molar-refractivity contribution is 0.0245. The summed E-state index contributed by atoms with van der Waals surface area (Å²) >= 11 is 0. The summed E-state index contributed by atoms with van der Waals surface area (Å²) in [7, 11) is 1.67. The van der Waals surface area contributed by atoms with E-state index in [1.807, 2.05) is 18.2 Å². The first-order valence-electron chi connectivity index (χ1n) is 6.93. The van der Waals surface area contributed by atoms with E-state index in [9.17, 15) is 0 Å². The molecule has 0 aromatic heterocycles. The van der Waals surface area contributed by atoms with Crippen molar-refractivity contribution in [3.05, 3.63) is 23.8 Å². The second kappa shape index (κ2) is 5.02. The molecule has 0 amide bonds. The van der Waals surface area contributed by atoms with E-state index in [0.29, 0.717) is 0 Å². The van der Waals surface area contributed by atoms with E-state index >= 15 is 0 Å². The highest BCUT2D eigenvalue weighted by atomic mass is 16.5. The summed E-state index contributed by atoms with van der Waals surface area (Å²) in [5, 5.41) is 0. The summed E-state index contributed by atoms with van der Waals surface area (Å²) in [4.78, 5) is 0. The standard InChI is InChI=1S/C15H21NO3/c1-17-13-3-2-11(15(16)6-7-15)10-14(13)19-12-4-8-18-9-5-12/h2-3,10,12H,4-9,16H2,1H3. The Bertz CT molecular complexity index is 451.